The summed E-state index contributed by atoms with van der Waals surface area (Å²) in [6, 6.07) is 3.40. The number of methoxy groups -OCH3 is 1. The summed E-state index contributed by atoms with van der Waals surface area (Å²) in [6.07, 6.45) is 7.37. The number of rotatable bonds is 5. The summed E-state index contributed by atoms with van der Waals surface area (Å²) in [7, 11) is -1.90. The molecule has 136 valence electrons. The normalized spacial score (nSPS) is 19.1. The van der Waals surface area contributed by atoms with Gasteiger partial charge in [-0.1, -0.05) is 0 Å². The van der Waals surface area contributed by atoms with Crippen LogP contribution in [-0.2, 0) is 16.6 Å². The third kappa shape index (κ3) is 3.57. The van der Waals surface area contributed by atoms with Crippen molar-refractivity contribution in [1.82, 2.24) is 13.9 Å². The number of piperidine rings is 1. The van der Waals surface area contributed by atoms with Crippen molar-refractivity contribution in [2.75, 3.05) is 20.2 Å². The smallest absolute Gasteiger partial charge is 0.243 e. The van der Waals surface area contributed by atoms with E-state index < -0.39 is 10.0 Å². The van der Waals surface area contributed by atoms with Crippen molar-refractivity contribution in [2.45, 2.75) is 38.1 Å². The second-order valence-corrected chi connectivity index (χ2v) is 8.55. The first-order chi connectivity index (χ1) is 11.9. The van der Waals surface area contributed by atoms with E-state index in [2.05, 4.69) is 4.98 Å². The van der Waals surface area contributed by atoms with Crippen LogP contribution in [0.4, 0.5) is 0 Å². The number of nitrogens with zero attached hydrogens (tertiary/aromatic N) is 3. The highest BCUT2D eigenvalue weighted by Gasteiger charge is 2.31. The molecule has 3 rings (SSSR count). The molecule has 1 saturated heterocycles. The van der Waals surface area contributed by atoms with Crippen LogP contribution < -0.4 is 4.74 Å². The minimum Gasteiger partial charge on any atom is -0.496 e. The van der Waals surface area contributed by atoms with Gasteiger partial charge in [0.05, 0.1) is 18.3 Å². The van der Waals surface area contributed by atoms with Gasteiger partial charge in [0.1, 0.15) is 5.75 Å². The zero-order valence-corrected chi connectivity index (χ0v) is 15.8. The summed E-state index contributed by atoms with van der Waals surface area (Å²) >= 11 is 0. The minimum atomic E-state index is -3.50. The van der Waals surface area contributed by atoms with E-state index in [0.717, 1.165) is 30.5 Å². The van der Waals surface area contributed by atoms with Gasteiger partial charge in [0, 0.05) is 32.0 Å². The minimum absolute atomic E-state index is 0.303. The molecule has 0 N–H and O–H groups in total. The van der Waals surface area contributed by atoms with Gasteiger partial charge < -0.3 is 9.30 Å². The van der Waals surface area contributed by atoms with E-state index >= 15 is 0 Å². The first-order valence-electron chi connectivity index (χ1n) is 8.53. The van der Waals surface area contributed by atoms with Crippen LogP contribution in [0.25, 0.3) is 0 Å². The summed E-state index contributed by atoms with van der Waals surface area (Å²) in [5.41, 5.74) is 1.63. The molecular formula is C18H25N3O3S. The average molecular weight is 363 g/mol. The Hall–Kier alpha value is -1.86. The van der Waals surface area contributed by atoms with Crippen LogP contribution in [-0.4, -0.2) is 42.5 Å². The standard InChI is InChI=1S/C18H25N3O3S/c1-14-15(2)18(7-6-17(14)24-3)25(22,23)21-9-4-5-16(12-21)11-20-10-8-19-13-20/h6-8,10,13,16H,4-5,9,11-12H2,1-3H3. The Morgan fingerprint density at radius 3 is 2.76 bits per heavy atom. The zero-order chi connectivity index (χ0) is 18.0. The Balaban J connectivity index is 1.83. The van der Waals surface area contributed by atoms with Gasteiger partial charge in [-0.2, -0.15) is 4.31 Å². The third-order valence-corrected chi connectivity index (χ3v) is 7.05. The molecule has 7 heteroatoms. The molecule has 2 heterocycles. The molecule has 1 unspecified atom stereocenters. The van der Waals surface area contributed by atoms with E-state index in [4.69, 9.17) is 4.74 Å². The molecule has 1 aliphatic rings. The molecule has 0 radical (unpaired) electrons. The van der Waals surface area contributed by atoms with Crippen LogP contribution in [0.5, 0.6) is 5.75 Å². The molecule has 0 spiro atoms. The Morgan fingerprint density at radius 2 is 2.08 bits per heavy atom. The van der Waals surface area contributed by atoms with E-state index in [-0.39, 0.29) is 0 Å². The molecule has 0 amide bonds. The number of hydrogen-bond acceptors (Lipinski definition) is 4. The predicted molar refractivity (Wildman–Crippen MR) is 96.2 cm³/mol. The molecular weight excluding hydrogens is 338 g/mol. The maximum absolute atomic E-state index is 13.2. The fourth-order valence-corrected chi connectivity index (χ4v) is 5.33. The van der Waals surface area contributed by atoms with Crippen LogP contribution in [0.1, 0.15) is 24.0 Å². The molecule has 1 fully saturated rings. The van der Waals surface area contributed by atoms with Gasteiger partial charge in [0.15, 0.2) is 0 Å². The second kappa shape index (κ2) is 7.17. The fourth-order valence-electron chi connectivity index (χ4n) is 3.50. The predicted octanol–water partition coefficient (Wildman–Crippen LogP) is 2.61. The van der Waals surface area contributed by atoms with Crippen molar-refractivity contribution in [3.05, 3.63) is 42.0 Å². The fraction of sp³-hybridized carbons (Fsp3) is 0.500. The summed E-state index contributed by atoms with van der Waals surface area (Å²) < 4.78 is 35.3. The van der Waals surface area contributed by atoms with Gasteiger partial charge in [-0.05, 0) is 55.9 Å². The van der Waals surface area contributed by atoms with Crippen LogP contribution >= 0.6 is 0 Å². The Bertz CT molecular complexity index is 832. The molecule has 6 nitrogen and oxygen atoms in total. The van der Waals surface area contributed by atoms with E-state index in [1.165, 1.54) is 0 Å². The van der Waals surface area contributed by atoms with Crippen molar-refractivity contribution in [2.24, 2.45) is 5.92 Å². The number of aromatic nitrogens is 2. The van der Waals surface area contributed by atoms with Crippen LogP contribution in [0.15, 0.2) is 35.7 Å². The van der Waals surface area contributed by atoms with Crippen molar-refractivity contribution < 1.29 is 13.2 Å². The van der Waals surface area contributed by atoms with Gasteiger partial charge in [0.2, 0.25) is 10.0 Å². The number of benzene rings is 1. The lowest BCUT2D eigenvalue weighted by Gasteiger charge is -2.32. The van der Waals surface area contributed by atoms with Crippen molar-refractivity contribution in [3.8, 4) is 5.75 Å². The molecule has 1 aromatic heterocycles. The van der Waals surface area contributed by atoms with Crippen molar-refractivity contribution >= 4 is 10.0 Å². The summed E-state index contributed by atoms with van der Waals surface area (Å²) in [5, 5.41) is 0. The summed E-state index contributed by atoms with van der Waals surface area (Å²) in [6.45, 7) is 5.66. The van der Waals surface area contributed by atoms with E-state index in [1.807, 2.05) is 24.6 Å². The van der Waals surface area contributed by atoms with Crippen LogP contribution in [0, 0.1) is 19.8 Å². The highest BCUT2D eigenvalue weighted by molar-refractivity contribution is 7.89. The Kier molecular flexibility index (Phi) is 5.15. The molecule has 25 heavy (non-hydrogen) atoms. The molecule has 0 saturated carbocycles. The van der Waals surface area contributed by atoms with E-state index in [1.54, 1.807) is 36.1 Å². The van der Waals surface area contributed by atoms with Crippen molar-refractivity contribution in [1.29, 1.82) is 0 Å². The summed E-state index contributed by atoms with van der Waals surface area (Å²) in [5.74, 6) is 1.02. The van der Waals surface area contributed by atoms with Gasteiger partial charge in [0.25, 0.3) is 0 Å². The molecule has 2 aromatic rings. The van der Waals surface area contributed by atoms with Gasteiger partial charge in [-0.25, -0.2) is 13.4 Å². The SMILES string of the molecule is COc1ccc(S(=O)(=O)N2CCCC(Cn3ccnc3)C2)c(C)c1C. The van der Waals surface area contributed by atoms with Gasteiger partial charge in [-0.3, -0.25) is 0 Å². The number of sulfonamides is 1. The maximum Gasteiger partial charge on any atom is 0.243 e. The van der Waals surface area contributed by atoms with E-state index in [9.17, 15) is 8.42 Å². The van der Waals surface area contributed by atoms with E-state index in [0.29, 0.717) is 29.7 Å². The van der Waals surface area contributed by atoms with Gasteiger partial charge in [-0.15, -0.1) is 0 Å². The lowest BCUT2D eigenvalue weighted by molar-refractivity contribution is 0.245. The Morgan fingerprint density at radius 1 is 1.28 bits per heavy atom. The lowest BCUT2D eigenvalue weighted by Crippen LogP contribution is -2.41. The summed E-state index contributed by atoms with van der Waals surface area (Å²) in [4.78, 5) is 4.44. The molecule has 1 atom stereocenters. The second-order valence-electron chi connectivity index (χ2n) is 6.65. The molecule has 1 aliphatic heterocycles. The number of hydrogen-bond donors (Lipinski definition) is 0. The number of ether oxygens (including phenoxy) is 1. The first-order valence-corrected chi connectivity index (χ1v) is 9.97. The monoisotopic (exact) mass is 363 g/mol. The topological polar surface area (TPSA) is 64.4 Å². The lowest BCUT2D eigenvalue weighted by atomic mass is 10.00. The Labute approximate surface area is 149 Å². The van der Waals surface area contributed by atoms with Crippen molar-refractivity contribution in [3.63, 3.8) is 0 Å². The first kappa shape index (κ1) is 17.9. The van der Waals surface area contributed by atoms with Crippen LogP contribution in [0.3, 0.4) is 0 Å². The molecule has 1 aromatic carbocycles. The maximum atomic E-state index is 13.2. The number of imidazole rings is 1. The third-order valence-electron chi connectivity index (χ3n) is 5.04. The molecule has 0 bridgehead atoms. The average Bonchev–Trinajstić information content (AvgIpc) is 3.10. The largest absolute Gasteiger partial charge is 0.496 e. The van der Waals surface area contributed by atoms with Gasteiger partial charge >= 0.3 is 0 Å². The zero-order valence-electron chi connectivity index (χ0n) is 15.0. The molecule has 0 aliphatic carbocycles. The highest BCUT2D eigenvalue weighted by atomic mass is 32.2. The van der Waals surface area contributed by atoms with Crippen LogP contribution in [0.2, 0.25) is 0 Å². The quantitative estimate of drug-likeness (QED) is 0.819. The highest BCUT2D eigenvalue weighted by Crippen LogP contribution is 2.31.